The van der Waals surface area contributed by atoms with Crippen molar-refractivity contribution in [2.45, 2.75) is 42.9 Å². The molecule has 0 atom stereocenters. The number of hydrogen-bond acceptors (Lipinski definition) is 5. The highest BCUT2D eigenvalue weighted by Crippen LogP contribution is 2.26. The summed E-state index contributed by atoms with van der Waals surface area (Å²) in [5, 5.41) is 2.77. The number of nitrogens with one attached hydrogen (secondary N) is 1. The van der Waals surface area contributed by atoms with Crippen molar-refractivity contribution in [3.8, 4) is 5.75 Å². The van der Waals surface area contributed by atoms with Crippen molar-refractivity contribution in [3.05, 3.63) is 83.9 Å². The molecule has 0 heterocycles. The molecule has 0 aliphatic carbocycles. The summed E-state index contributed by atoms with van der Waals surface area (Å²) in [5.74, 6) is 0.307. The van der Waals surface area contributed by atoms with Crippen LogP contribution in [0.4, 0.5) is 5.69 Å². The molecule has 0 aliphatic rings. The van der Waals surface area contributed by atoms with Crippen molar-refractivity contribution in [2.75, 3.05) is 30.3 Å². The number of amides is 1. The van der Waals surface area contributed by atoms with E-state index in [1.807, 2.05) is 49.6 Å². The molecule has 0 saturated carbocycles. The molecular formula is C28H34N2O4S2. The predicted octanol–water partition coefficient (Wildman–Crippen LogP) is 5.40. The highest BCUT2D eigenvalue weighted by molar-refractivity contribution is 7.98. The largest absolute Gasteiger partial charge is 0.492 e. The van der Waals surface area contributed by atoms with Crippen molar-refractivity contribution in [1.29, 1.82) is 0 Å². The van der Waals surface area contributed by atoms with Crippen molar-refractivity contribution in [3.63, 3.8) is 0 Å². The molecule has 0 spiro atoms. The Hall–Kier alpha value is -2.97. The molecule has 0 unspecified atom stereocenters. The first kappa shape index (κ1) is 27.6. The van der Waals surface area contributed by atoms with Crippen LogP contribution in [-0.2, 0) is 20.2 Å². The van der Waals surface area contributed by atoms with Crippen LogP contribution in [0.25, 0.3) is 0 Å². The van der Waals surface area contributed by atoms with Gasteiger partial charge in [0.05, 0.1) is 17.1 Å². The van der Waals surface area contributed by atoms with Crippen LogP contribution in [0, 0.1) is 6.92 Å². The Labute approximate surface area is 219 Å². The zero-order valence-corrected chi connectivity index (χ0v) is 23.1. The van der Waals surface area contributed by atoms with Gasteiger partial charge in [-0.25, -0.2) is 8.42 Å². The number of carbonyl (C=O) groups is 1. The van der Waals surface area contributed by atoms with Crippen LogP contribution in [0.5, 0.6) is 5.75 Å². The number of sulfonamides is 1. The normalized spacial score (nSPS) is 11.7. The quantitative estimate of drug-likeness (QED) is 0.283. The lowest BCUT2D eigenvalue weighted by atomic mass is 9.87. The molecule has 0 aromatic heterocycles. The van der Waals surface area contributed by atoms with E-state index in [0.29, 0.717) is 5.69 Å². The van der Waals surface area contributed by atoms with E-state index < -0.39 is 15.9 Å². The van der Waals surface area contributed by atoms with Crippen LogP contribution in [0.3, 0.4) is 0 Å². The molecule has 36 heavy (non-hydrogen) atoms. The minimum Gasteiger partial charge on any atom is -0.492 e. The number of ether oxygens (including phenoxy) is 1. The van der Waals surface area contributed by atoms with Gasteiger partial charge >= 0.3 is 0 Å². The number of thioether (sulfide) groups is 1. The molecule has 3 aromatic rings. The summed E-state index contributed by atoms with van der Waals surface area (Å²) in [6.07, 6.45) is 1.93. The van der Waals surface area contributed by atoms with Crippen molar-refractivity contribution >= 4 is 33.4 Å². The maximum absolute atomic E-state index is 13.5. The SMILES string of the molecule is CSc1ccc(S(=O)(=O)N(CC(=O)NCCOc2ccc(C(C)(C)C)cc2)c2ccc(C)cc2)cc1. The fourth-order valence-corrected chi connectivity index (χ4v) is 5.33. The van der Waals surface area contributed by atoms with E-state index in [2.05, 4.69) is 26.1 Å². The number of nitrogens with zero attached hydrogens (tertiary/aromatic N) is 1. The number of hydrogen-bond donors (Lipinski definition) is 1. The van der Waals surface area contributed by atoms with Gasteiger partial charge in [0.15, 0.2) is 0 Å². The Balaban J connectivity index is 1.66. The second kappa shape index (κ2) is 11.8. The van der Waals surface area contributed by atoms with Crippen LogP contribution in [0.2, 0.25) is 0 Å². The van der Waals surface area contributed by atoms with Crippen LogP contribution < -0.4 is 14.4 Å². The molecule has 1 N–H and O–H groups in total. The van der Waals surface area contributed by atoms with Crippen molar-refractivity contribution in [2.24, 2.45) is 0 Å². The van der Waals surface area contributed by atoms with Gasteiger partial charge in [-0.15, -0.1) is 11.8 Å². The average molecular weight is 527 g/mol. The lowest BCUT2D eigenvalue weighted by molar-refractivity contribution is -0.119. The molecule has 3 rings (SSSR count). The van der Waals surface area contributed by atoms with Gasteiger partial charge in [0.2, 0.25) is 5.91 Å². The third-order valence-electron chi connectivity index (χ3n) is 5.67. The second-order valence-electron chi connectivity index (χ2n) is 9.50. The number of aryl methyl sites for hydroxylation is 1. The van der Waals surface area contributed by atoms with Crippen LogP contribution in [0.1, 0.15) is 31.9 Å². The second-order valence-corrected chi connectivity index (χ2v) is 12.2. The molecular weight excluding hydrogens is 492 g/mol. The third-order valence-corrected chi connectivity index (χ3v) is 8.20. The van der Waals surface area contributed by atoms with E-state index >= 15 is 0 Å². The van der Waals surface area contributed by atoms with E-state index in [1.54, 1.807) is 36.4 Å². The van der Waals surface area contributed by atoms with Crippen LogP contribution in [-0.4, -0.2) is 40.3 Å². The molecule has 8 heteroatoms. The van der Waals surface area contributed by atoms with Crippen LogP contribution in [0.15, 0.2) is 82.6 Å². The summed E-state index contributed by atoms with van der Waals surface area (Å²) in [7, 11) is -3.94. The highest BCUT2D eigenvalue weighted by Gasteiger charge is 2.27. The minimum absolute atomic E-state index is 0.0627. The number of benzene rings is 3. The van der Waals surface area contributed by atoms with Gasteiger partial charge in [-0.3, -0.25) is 9.10 Å². The topological polar surface area (TPSA) is 75.7 Å². The fourth-order valence-electron chi connectivity index (χ4n) is 3.50. The van der Waals surface area contributed by atoms with Gasteiger partial charge in [0, 0.05) is 4.90 Å². The monoisotopic (exact) mass is 526 g/mol. The Kier molecular flexibility index (Phi) is 9.08. The Morgan fingerprint density at radius 1 is 0.944 bits per heavy atom. The van der Waals surface area contributed by atoms with Gasteiger partial charge in [-0.2, -0.15) is 0 Å². The molecule has 192 valence electrons. The molecule has 3 aromatic carbocycles. The zero-order chi connectivity index (χ0) is 26.3. The van der Waals surface area contributed by atoms with Crippen LogP contribution >= 0.6 is 11.8 Å². The minimum atomic E-state index is -3.94. The first-order valence-electron chi connectivity index (χ1n) is 11.7. The lowest BCUT2D eigenvalue weighted by Gasteiger charge is -2.24. The van der Waals surface area contributed by atoms with E-state index in [1.165, 1.54) is 17.3 Å². The molecule has 0 bridgehead atoms. The van der Waals surface area contributed by atoms with E-state index in [0.717, 1.165) is 20.5 Å². The van der Waals surface area contributed by atoms with Gasteiger partial charge in [0.25, 0.3) is 10.0 Å². The maximum Gasteiger partial charge on any atom is 0.264 e. The summed E-state index contributed by atoms with van der Waals surface area (Å²) < 4.78 is 33.8. The summed E-state index contributed by atoms with van der Waals surface area (Å²) in [6, 6.07) is 21.6. The standard InChI is InChI=1S/C28H34N2O4S2/c1-21-6-10-23(11-7-21)30(36(32,33)26-16-14-25(35-5)15-17-26)20-27(31)29-18-19-34-24-12-8-22(9-13-24)28(2,3)4/h6-17H,18-20H2,1-5H3,(H,29,31). The smallest absolute Gasteiger partial charge is 0.264 e. The molecule has 0 fully saturated rings. The number of anilines is 1. The Morgan fingerprint density at radius 2 is 1.56 bits per heavy atom. The first-order valence-corrected chi connectivity index (χ1v) is 14.4. The number of carbonyl (C=O) groups excluding carboxylic acids is 1. The Bertz CT molecular complexity index is 1250. The summed E-state index contributed by atoms with van der Waals surface area (Å²) in [6.45, 7) is 8.56. The number of rotatable bonds is 10. The van der Waals surface area contributed by atoms with Gasteiger partial charge in [0.1, 0.15) is 18.9 Å². The van der Waals surface area contributed by atoms with E-state index in [-0.39, 0.29) is 30.0 Å². The van der Waals surface area contributed by atoms with Gasteiger partial charge in [-0.05, 0) is 72.7 Å². The first-order chi connectivity index (χ1) is 17.0. The molecule has 6 nitrogen and oxygen atoms in total. The summed E-state index contributed by atoms with van der Waals surface area (Å²) in [5.41, 5.74) is 2.70. The molecule has 1 amide bonds. The zero-order valence-electron chi connectivity index (χ0n) is 21.4. The Morgan fingerprint density at radius 3 is 2.11 bits per heavy atom. The fraction of sp³-hybridized carbons (Fsp3) is 0.321. The predicted molar refractivity (Wildman–Crippen MR) is 148 cm³/mol. The maximum atomic E-state index is 13.5. The summed E-state index contributed by atoms with van der Waals surface area (Å²) in [4.78, 5) is 13.9. The third kappa shape index (κ3) is 7.27. The van der Waals surface area contributed by atoms with E-state index in [9.17, 15) is 13.2 Å². The van der Waals surface area contributed by atoms with E-state index in [4.69, 9.17) is 4.74 Å². The van der Waals surface area contributed by atoms with Gasteiger partial charge in [-0.1, -0.05) is 50.6 Å². The molecule has 0 saturated heterocycles. The van der Waals surface area contributed by atoms with Crippen molar-refractivity contribution < 1.29 is 17.9 Å². The van der Waals surface area contributed by atoms with Crippen molar-refractivity contribution in [1.82, 2.24) is 5.32 Å². The average Bonchev–Trinajstić information content (AvgIpc) is 2.85. The summed E-state index contributed by atoms with van der Waals surface area (Å²) >= 11 is 1.53. The highest BCUT2D eigenvalue weighted by atomic mass is 32.2. The molecule has 0 radical (unpaired) electrons. The molecule has 0 aliphatic heterocycles. The van der Waals surface area contributed by atoms with Gasteiger partial charge < -0.3 is 10.1 Å². The lowest BCUT2D eigenvalue weighted by Crippen LogP contribution is -2.41.